The number of Topliss-reactive ketones (excluding diaryl/α,β-unsaturated/α-hetero) is 1. The normalized spacial score (nSPS) is 19.7. The van der Waals surface area contributed by atoms with Gasteiger partial charge in [-0.05, 0) is 97.9 Å². The molecule has 1 aromatic carbocycles. The molecule has 2 aliphatic rings. The fourth-order valence-electron chi connectivity index (χ4n) is 5.27. The van der Waals surface area contributed by atoms with Crippen LogP contribution in [0.2, 0.25) is 0 Å². The molecule has 0 unspecified atom stereocenters. The van der Waals surface area contributed by atoms with Gasteiger partial charge in [0.25, 0.3) is 0 Å². The van der Waals surface area contributed by atoms with E-state index in [9.17, 15) is 4.79 Å². The Kier molecular flexibility index (Phi) is 6.33. The Morgan fingerprint density at radius 1 is 1.00 bits per heavy atom. The SMILES string of the molecule is Cc1ccc(-c2cc3c(c(Nc4ccc(C5CCC(C(C)C)CC5)cc4)n2)C(=O)C(=N)C=C3)cn1. The molecule has 3 aromatic rings. The van der Waals surface area contributed by atoms with E-state index in [2.05, 4.69) is 48.4 Å². The van der Waals surface area contributed by atoms with Crippen LogP contribution in [0, 0.1) is 24.2 Å². The van der Waals surface area contributed by atoms with Gasteiger partial charge < -0.3 is 5.32 Å². The zero-order valence-electron chi connectivity index (χ0n) is 20.6. The Balaban J connectivity index is 1.43. The molecule has 1 fully saturated rings. The highest BCUT2D eigenvalue weighted by molar-refractivity contribution is 6.52. The average molecular weight is 465 g/mol. The van der Waals surface area contributed by atoms with Gasteiger partial charge in [-0.25, -0.2) is 4.98 Å². The van der Waals surface area contributed by atoms with Crippen molar-refractivity contribution in [2.45, 2.75) is 52.4 Å². The van der Waals surface area contributed by atoms with Crippen LogP contribution >= 0.6 is 0 Å². The summed E-state index contributed by atoms with van der Waals surface area (Å²) in [7, 11) is 0. The van der Waals surface area contributed by atoms with Crippen LogP contribution in [-0.2, 0) is 0 Å². The third-order valence-electron chi connectivity index (χ3n) is 7.52. The van der Waals surface area contributed by atoms with Crippen LogP contribution in [0.4, 0.5) is 11.5 Å². The van der Waals surface area contributed by atoms with Crippen LogP contribution in [0.1, 0.15) is 72.6 Å². The Labute approximate surface area is 207 Å². The molecule has 5 rings (SSSR count). The second-order valence-corrected chi connectivity index (χ2v) is 10.2. The molecule has 178 valence electrons. The van der Waals surface area contributed by atoms with Gasteiger partial charge in [-0.3, -0.25) is 15.2 Å². The highest BCUT2D eigenvalue weighted by atomic mass is 16.1. The molecule has 2 N–H and O–H groups in total. The Bertz CT molecular complexity index is 1280. The molecule has 0 atom stereocenters. The van der Waals surface area contributed by atoms with Gasteiger partial charge in [0, 0.05) is 23.1 Å². The number of hydrogen-bond donors (Lipinski definition) is 2. The first-order chi connectivity index (χ1) is 16.9. The van der Waals surface area contributed by atoms with Gasteiger partial charge in [0.1, 0.15) is 11.5 Å². The number of carbonyl (C=O) groups is 1. The summed E-state index contributed by atoms with van der Waals surface area (Å²) in [6.45, 7) is 6.62. The number of pyridine rings is 2. The second-order valence-electron chi connectivity index (χ2n) is 10.2. The van der Waals surface area contributed by atoms with Crippen molar-refractivity contribution in [3.05, 3.63) is 77.1 Å². The Morgan fingerprint density at radius 2 is 1.74 bits per heavy atom. The number of carbonyl (C=O) groups excluding carboxylic acids is 1. The van der Waals surface area contributed by atoms with Gasteiger partial charge in [0.15, 0.2) is 0 Å². The van der Waals surface area contributed by atoms with E-state index in [0.29, 0.717) is 17.3 Å². The monoisotopic (exact) mass is 464 g/mol. The smallest absolute Gasteiger partial charge is 0.214 e. The number of fused-ring (bicyclic) bond motifs is 1. The van der Waals surface area contributed by atoms with Crippen molar-refractivity contribution in [3.8, 4) is 11.3 Å². The lowest BCUT2D eigenvalue weighted by molar-refractivity contribution is 0.106. The summed E-state index contributed by atoms with van der Waals surface area (Å²) in [4.78, 5) is 22.1. The summed E-state index contributed by atoms with van der Waals surface area (Å²) >= 11 is 0. The van der Waals surface area contributed by atoms with Crippen molar-refractivity contribution in [1.29, 1.82) is 5.41 Å². The van der Waals surface area contributed by atoms with Crippen molar-refractivity contribution < 1.29 is 4.79 Å². The summed E-state index contributed by atoms with van der Waals surface area (Å²) in [5.41, 5.74) is 6.00. The topological polar surface area (TPSA) is 78.7 Å². The van der Waals surface area contributed by atoms with E-state index in [-0.39, 0.29) is 11.5 Å². The lowest BCUT2D eigenvalue weighted by atomic mass is 9.75. The number of nitrogens with zero attached hydrogens (tertiary/aromatic N) is 2. The molecule has 0 aliphatic heterocycles. The van der Waals surface area contributed by atoms with Crippen LogP contribution in [-0.4, -0.2) is 21.5 Å². The minimum absolute atomic E-state index is 0.0283. The number of nitrogens with one attached hydrogen (secondary N) is 2. The third-order valence-corrected chi connectivity index (χ3v) is 7.52. The molecule has 2 aromatic heterocycles. The maximum atomic E-state index is 12.9. The van der Waals surface area contributed by atoms with E-state index in [1.54, 1.807) is 12.3 Å². The molecule has 0 spiro atoms. The third kappa shape index (κ3) is 4.81. The molecule has 2 heterocycles. The van der Waals surface area contributed by atoms with Crippen molar-refractivity contribution in [1.82, 2.24) is 9.97 Å². The number of hydrogen-bond acceptors (Lipinski definition) is 5. The van der Waals surface area contributed by atoms with Gasteiger partial charge in [-0.1, -0.05) is 32.1 Å². The van der Waals surface area contributed by atoms with E-state index in [1.165, 1.54) is 31.2 Å². The number of aryl methyl sites for hydroxylation is 1. The first-order valence-electron chi connectivity index (χ1n) is 12.6. The van der Waals surface area contributed by atoms with E-state index in [0.717, 1.165) is 40.0 Å². The molecule has 5 heteroatoms. The predicted molar refractivity (Wildman–Crippen MR) is 143 cm³/mol. The standard InChI is InChI=1S/C30H32N4O/c1-18(2)20-6-8-21(9-7-20)22-10-13-25(14-11-22)33-30-28-23(12-15-26(31)29(28)35)16-27(34-30)24-5-4-19(3)32-17-24/h4-5,10-18,20-21,31H,6-9H2,1-3H3,(H,33,34). The zero-order valence-corrected chi connectivity index (χ0v) is 20.6. The highest BCUT2D eigenvalue weighted by Crippen LogP contribution is 2.39. The van der Waals surface area contributed by atoms with E-state index in [1.807, 2.05) is 31.2 Å². The first-order valence-corrected chi connectivity index (χ1v) is 12.6. The summed E-state index contributed by atoms with van der Waals surface area (Å²) < 4.78 is 0. The lowest BCUT2D eigenvalue weighted by Gasteiger charge is -2.31. The molecule has 0 amide bonds. The number of allylic oxidation sites excluding steroid dienone is 1. The van der Waals surface area contributed by atoms with Crippen molar-refractivity contribution >= 4 is 29.1 Å². The summed E-state index contributed by atoms with van der Waals surface area (Å²) in [6, 6.07) is 14.4. The molecule has 2 aliphatic carbocycles. The average Bonchev–Trinajstić information content (AvgIpc) is 2.87. The van der Waals surface area contributed by atoms with Gasteiger partial charge in [0.2, 0.25) is 5.78 Å². The molecule has 5 nitrogen and oxygen atoms in total. The highest BCUT2D eigenvalue weighted by Gasteiger charge is 2.26. The number of ketones is 1. The van der Waals surface area contributed by atoms with Gasteiger partial charge >= 0.3 is 0 Å². The molecule has 1 saturated carbocycles. The van der Waals surface area contributed by atoms with E-state index < -0.39 is 0 Å². The molecule has 35 heavy (non-hydrogen) atoms. The van der Waals surface area contributed by atoms with Crippen molar-refractivity contribution in [2.75, 3.05) is 5.32 Å². The maximum Gasteiger partial charge on any atom is 0.214 e. The fourth-order valence-corrected chi connectivity index (χ4v) is 5.27. The fraction of sp³-hybridized carbons (Fsp3) is 0.333. The molecular weight excluding hydrogens is 432 g/mol. The van der Waals surface area contributed by atoms with Crippen LogP contribution in [0.5, 0.6) is 0 Å². The quantitative estimate of drug-likeness (QED) is 0.413. The number of aromatic nitrogens is 2. The number of anilines is 2. The molecule has 0 radical (unpaired) electrons. The van der Waals surface area contributed by atoms with Crippen LogP contribution in [0.15, 0.2) is 54.7 Å². The van der Waals surface area contributed by atoms with Crippen molar-refractivity contribution in [2.24, 2.45) is 11.8 Å². The van der Waals surface area contributed by atoms with E-state index in [4.69, 9.17) is 10.4 Å². The lowest BCUT2D eigenvalue weighted by Crippen LogP contribution is -2.19. The van der Waals surface area contributed by atoms with Crippen molar-refractivity contribution in [3.63, 3.8) is 0 Å². The van der Waals surface area contributed by atoms with Crippen LogP contribution < -0.4 is 5.32 Å². The minimum Gasteiger partial charge on any atom is -0.340 e. The molecule has 0 bridgehead atoms. The number of benzene rings is 1. The van der Waals surface area contributed by atoms with Gasteiger partial charge in [-0.2, -0.15) is 0 Å². The van der Waals surface area contributed by atoms with Gasteiger partial charge in [-0.15, -0.1) is 0 Å². The zero-order chi connectivity index (χ0) is 24.5. The second kappa shape index (κ2) is 9.57. The predicted octanol–water partition coefficient (Wildman–Crippen LogP) is 7.35. The first kappa shape index (κ1) is 23.2. The summed E-state index contributed by atoms with van der Waals surface area (Å²) in [5, 5.41) is 11.4. The number of rotatable bonds is 5. The maximum absolute atomic E-state index is 12.9. The molecule has 0 saturated heterocycles. The van der Waals surface area contributed by atoms with Crippen LogP contribution in [0.3, 0.4) is 0 Å². The summed E-state index contributed by atoms with van der Waals surface area (Å²) in [5.74, 6) is 2.40. The van der Waals surface area contributed by atoms with Crippen LogP contribution in [0.25, 0.3) is 17.3 Å². The summed E-state index contributed by atoms with van der Waals surface area (Å²) in [6.07, 6.45) is 10.3. The Hall–Kier alpha value is -3.60. The largest absolute Gasteiger partial charge is 0.340 e. The Morgan fingerprint density at radius 3 is 2.40 bits per heavy atom. The van der Waals surface area contributed by atoms with E-state index >= 15 is 0 Å². The molecular formula is C30H32N4O. The minimum atomic E-state index is -0.315. The van der Waals surface area contributed by atoms with Gasteiger partial charge in [0.05, 0.1) is 11.3 Å².